The number of primary amides is 1. The van der Waals surface area contributed by atoms with Crippen LogP contribution in [0.25, 0.3) is 0 Å². The normalized spacial score (nSPS) is 33.7. The SMILES string of the molecule is CC(N=O)c1ccc(O)c2c1C[C@@H]1C[C@@H]3[C@@H](N(C)C)C(=O)C(C(N)=O)C(=O)[C@]3(O)C(=O)C1C2=O. The van der Waals surface area contributed by atoms with Gasteiger partial charge in [0.1, 0.15) is 11.8 Å². The first-order chi connectivity index (χ1) is 15.9. The molecule has 34 heavy (non-hydrogen) atoms. The van der Waals surface area contributed by atoms with Crippen molar-refractivity contribution >= 4 is 29.0 Å². The van der Waals surface area contributed by atoms with E-state index < -0.39 is 76.1 Å². The van der Waals surface area contributed by atoms with Crippen LogP contribution < -0.4 is 5.73 Å². The fourth-order valence-electron chi connectivity index (χ4n) is 6.08. The zero-order chi connectivity index (χ0) is 25.3. The summed E-state index contributed by atoms with van der Waals surface area (Å²) in [4.78, 5) is 77.9. The first-order valence-corrected chi connectivity index (χ1v) is 10.9. The second kappa shape index (κ2) is 7.88. The molecule has 3 unspecified atom stereocenters. The third-order valence-corrected chi connectivity index (χ3v) is 7.59. The van der Waals surface area contributed by atoms with Crippen molar-refractivity contribution in [2.75, 3.05) is 14.1 Å². The van der Waals surface area contributed by atoms with E-state index in [1.165, 1.54) is 38.1 Å². The molecule has 0 aromatic heterocycles. The van der Waals surface area contributed by atoms with Gasteiger partial charge in [0.15, 0.2) is 34.7 Å². The Hall–Kier alpha value is -3.31. The number of carbonyl (C=O) groups is 5. The molecule has 0 bridgehead atoms. The highest BCUT2D eigenvalue weighted by Gasteiger charge is 2.69. The number of ketones is 4. The topological polar surface area (TPSA) is 184 Å². The van der Waals surface area contributed by atoms with Gasteiger partial charge in [-0.2, -0.15) is 4.91 Å². The number of nitrogens with zero attached hydrogens (tertiary/aromatic N) is 2. The Morgan fingerprint density at radius 1 is 1.21 bits per heavy atom. The van der Waals surface area contributed by atoms with Gasteiger partial charge in [0.25, 0.3) is 0 Å². The molecule has 11 nitrogen and oxygen atoms in total. The van der Waals surface area contributed by atoms with E-state index in [0.29, 0.717) is 11.1 Å². The van der Waals surface area contributed by atoms with Gasteiger partial charge in [-0.15, -0.1) is 0 Å². The van der Waals surface area contributed by atoms with E-state index in [1.807, 2.05) is 0 Å². The summed E-state index contributed by atoms with van der Waals surface area (Å²) in [5.74, 6) is -11.1. The Morgan fingerprint density at radius 3 is 2.41 bits per heavy atom. The van der Waals surface area contributed by atoms with E-state index in [9.17, 15) is 39.1 Å². The number of carbonyl (C=O) groups excluding carboxylic acids is 5. The maximum absolute atomic E-state index is 13.7. The van der Waals surface area contributed by atoms with Crippen LogP contribution in [0.2, 0.25) is 0 Å². The average molecular weight is 471 g/mol. The molecule has 180 valence electrons. The van der Waals surface area contributed by atoms with Gasteiger partial charge in [-0.3, -0.25) is 28.9 Å². The smallest absolute Gasteiger partial charge is 0.235 e. The fraction of sp³-hybridized carbons (Fsp3) is 0.522. The van der Waals surface area contributed by atoms with Gasteiger partial charge in [0.05, 0.1) is 17.5 Å². The maximum Gasteiger partial charge on any atom is 0.235 e. The van der Waals surface area contributed by atoms with Crippen LogP contribution in [0, 0.1) is 28.6 Å². The highest BCUT2D eigenvalue weighted by molar-refractivity contribution is 6.32. The number of aromatic hydroxyl groups is 1. The standard InChI is InChI=1S/C23H25N3O8/c1-8(25-34)10-4-5-13(27)15-11(10)6-9-7-12-17(26(2)3)19(29)16(22(24)32)21(31)23(12,33)20(30)14(9)18(15)28/h4-5,8-9,12,14,16-17,27,33H,6-7H2,1-3H3,(H2,24,32)/t8?,9-,12-,14?,16?,17-,23-/m1/s1. The Bertz CT molecular complexity index is 1160. The van der Waals surface area contributed by atoms with Gasteiger partial charge < -0.3 is 15.9 Å². The molecular formula is C23H25N3O8. The van der Waals surface area contributed by atoms with Crippen molar-refractivity contribution in [1.29, 1.82) is 0 Å². The lowest BCUT2D eigenvalue weighted by molar-refractivity contribution is -0.181. The Balaban J connectivity index is 1.89. The van der Waals surface area contributed by atoms with Gasteiger partial charge in [0.2, 0.25) is 5.91 Å². The Morgan fingerprint density at radius 2 is 1.85 bits per heavy atom. The summed E-state index contributed by atoms with van der Waals surface area (Å²) in [6, 6.07) is 0.733. The van der Waals surface area contributed by atoms with Gasteiger partial charge in [-0.05, 0) is 57.0 Å². The lowest BCUT2D eigenvalue weighted by Crippen LogP contribution is -2.74. The molecule has 0 spiro atoms. The van der Waals surface area contributed by atoms with Gasteiger partial charge in [0, 0.05) is 5.92 Å². The van der Waals surface area contributed by atoms with Crippen LogP contribution in [-0.2, 0) is 25.6 Å². The minimum Gasteiger partial charge on any atom is -0.507 e. The van der Waals surface area contributed by atoms with Gasteiger partial charge in [-0.25, -0.2) is 0 Å². The molecule has 0 aliphatic heterocycles. The lowest BCUT2D eigenvalue weighted by atomic mass is 9.52. The monoisotopic (exact) mass is 471 g/mol. The van der Waals surface area contributed by atoms with Crippen LogP contribution in [0.3, 0.4) is 0 Å². The first kappa shape index (κ1) is 23.8. The quantitative estimate of drug-likeness (QED) is 0.391. The van der Waals surface area contributed by atoms with Crippen molar-refractivity contribution in [1.82, 2.24) is 4.90 Å². The molecule has 1 amide bonds. The molecule has 7 atom stereocenters. The summed E-state index contributed by atoms with van der Waals surface area (Å²) in [5, 5.41) is 24.9. The number of likely N-dealkylation sites (N-methyl/N-ethyl adjacent to an activating group) is 1. The maximum atomic E-state index is 13.7. The van der Waals surface area contributed by atoms with Crippen LogP contribution in [0.5, 0.6) is 5.75 Å². The number of Topliss-reactive ketones (excluding diaryl/α,β-unsaturated/α-hetero) is 4. The lowest BCUT2D eigenvalue weighted by Gasteiger charge is -2.52. The number of amides is 1. The van der Waals surface area contributed by atoms with E-state index in [2.05, 4.69) is 5.18 Å². The largest absolute Gasteiger partial charge is 0.507 e. The van der Waals surface area contributed by atoms with E-state index in [4.69, 9.17) is 5.73 Å². The number of hydrogen-bond donors (Lipinski definition) is 3. The molecule has 0 radical (unpaired) electrons. The molecule has 3 aliphatic rings. The molecule has 1 aromatic carbocycles. The number of hydrogen-bond acceptors (Lipinski definition) is 10. The molecule has 2 fully saturated rings. The average Bonchev–Trinajstić information content (AvgIpc) is 2.75. The number of nitroso groups, excluding NO2 is 1. The molecular weight excluding hydrogens is 446 g/mol. The van der Waals surface area contributed by atoms with Gasteiger partial charge >= 0.3 is 0 Å². The minimum absolute atomic E-state index is 0.0537. The van der Waals surface area contributed by atoms with Crippen molar-refractivity contribution in [3.05, 3.63) is 33.7 Å². The summed E-state index contributed by atoms with van der Waals surface area (Å²) >= 11 is 0. The fourth-order valence-corrected chi connectivity index (χ4v) is 6.08. The van der Waals surface area contributed by atoms with E-state index >= 15 is 0 Å². The van der Waals surface area contributed by atoms with Crippen LogP contribution in [0.1, 0.15) is 40.9 Å². The van der Waals surface area contributed by atoms with Crippen LogP contribution >= 0.6 is 0 Å². The van der Waals surface area contributed by atoms with Gasteiger partial charge in [-0.1, -0.05) is 11.2 Å². The molecule has 2 saturated carbocycles. The predicted molar refractivity (Wildman–Crippen MR) is 116 cm³/mol. The first-order valence-electron chi connectivity index (χ1n) is 10.9. The third-order valence-electron chi connectivity index (χ3n) is 7.59. The minimum atomic E-state index is -2.76. The predicted octanol–water partition coefficient (Wildman–Crippen LogP) is -0.306. The summed E-state index contributed by atoms with van der Waals surface area (Å²) in [5.41, 5.74) is 3.17. The summed E-state index contributed by atoms with van der Waals surface area (Å²) in [6.45, 7) is 1.53. The number of phenolic OH excluding ortho intramolecular Hbond substituents is 1. The number of aliphatic hydroxyl groups is 1. The highest BCUT2D eigenvalue weighted by Crippen LogP contribution is 2.51. The zero-order valence-electron chi connectivity index (χ0n) is 18.8. The molecule has 0 saturated heterocycles. The summed E-state index contributed by atoms with van der Waals surface area (Å²) < 4.78 is 0. The number of rotatable bonds is 4. The summed E-state index contributed by atoms with van der Waals surface area (Å²) in [6.07, 6.45) is 0.0390. The van der Waals surface area contributed by atoms with Crippen LogP contribution in [0.4, 0.5) is 0 Å². The van der Waals surface area contributed by atoms with E-state index in [-0.39, 0.29) is 18.4 Å². The molecule has 1 aromatic rings. The summed E-state index contributed by atoms with van der Waals surface area (Å²) in [7, 11) is 3.03. The van der Waals surface area contributed by atoms with Crippen molar-refractivity contribution in [2.24, 2.45) is 34.6 Å². The molecule has 11 heteroatoms. The second-order valence-corrected chi connectivity index (χ2v) is 9.60. The molecule has 0 heterocycles. The van der Waals surface area contributed by atoms with Crippen molar-refractivity contribution in [3.63, 3.8) is 0 Å². The molecule has 4 rings (SSSR count). The van der Waals surface area contributed by atoms with Crippen LogP contribution in [-0.4, -0.2) is 69.9 Å². The molecule has 3 aliphatic carbocycles. The Kier molecular flexibility index (Phi) is 5.52. The van der Waals surface area contributed by atoms with Crippen molar-refractivity contribution in [2.45, 2.75) is 37.5 Å². The van der Waals surface area contributed by atoms with Crippen molar-refractivity contribution in [3.8, 4) is 5.75 Å². The van der Waals surface area contributed by atoms with E-state index in [0.717, 1.165) is 0 Å². The number of benzene rings is 1. The van der Waals surface area contributed by atoms with E-state index in [1.54, 1.807) is 0 Å². The number of fused-ring (bicyclic) bond motifs is 3. The van der Waals surface area contributed by atoms with Crippen molar-refractivity contribution < 1.29 is 34.2 Å². The molecule has 4 N–H and O–H groups in total. The highest BCUT2D eigenvalue weighted by atomic mass is 16.3. The third kappa shape index (κ3) is 3.00. The van der Waals surface area contributed by atoms with Crippen LogP contribution in [0.15, 0.2) is 17.3 Å². The zero-order valence-corrected chi connectivity index (χ0v) is 18.8. The second-order valence-electron chi connectivity index (χ2n) is 9.60. The Labute approximate surface area is 194 Å². The number of nitrogens with two attached hydrogens (primary N) is 1. The number of phenols is 1.